The third-order valence-electron chi connectivity index (χ3n) is 4.32. The maximum atomic E-state index is 12.7. The Hall–Kier alpha value is -3.04. The monoisotopic (exact) mass is 470 g/mol. The number of carbonyl (C=O) groups excluding carboxylic acids is 3. The fraction of sp³-hybridized carbons (Fsp3) is 0.304. The van der Waals surface area contributed by atoms with Gasteiger partial charge in [0.1, 0.15) is 0 Å². The molecule has 2 aromatic heterocycles. The molecule has 0 radical (unpaired) electrons. The van der Waals surface area contributed by atoms with Crippen molar-refractivity contribution in [2.24, 2.45) is 0 Å². The average Bonchev–Trinajstić information content (AvgIpc) is 3.31. The van der Waals surface area contributed by atoms with Crippen LogP contribution in [0.25, 0.3) is 10.6 Å². The molecule has 32 heavy (non-hydrogen) atoms. The Kier molecular flexibility index (Phi) is 7.10. The molecule has 3 rings (SSSR count). The van der Waals surface area contributed by atoms with Gasteiger partial charge in [-0.05, 0) is 64.1 Å². The summed E-state index contributed by atoms with van der Waals surface area (Å²) in [5.41, 5.74) is 1.43. The molecule has 3 aromatic rings. The van der Waals surface area contributed by atoms with Crippen molar-refractivity contribution in [2.75, 3.05) is 5.32 Å². The molecule has 0 saturated heterocycles. The predicted molar refractivity (Wildman–Crippen MR) is 129 cm³/mol. The van der Waals surface area contributed by atoms with E-state index in [1.54, 1.807) is 35.6 Å². The minimum Gasteiger partial charge on any atom is -0.351 e. The third kappa shape index (κ3) is 6.24. The molecular formula is C23H26N4O3S2. The van der Waals surface area contributed by atoms with Gasteiger partial charge < -0.3 is 10.6 Å². The summed E-state index contributed by atoms with van der Waals surface area (Å²) in [6.45, 7) is 9.67. The number of thiazole rings is 1. The number of benzene rings is 1. The maximum absolute atomic E-state index is 12.7. The molecule has 2 heterocycles. The number of thiophene rings is 1. The molecule has 0 spiro atoms. The van der Waals surface area contributed by atoms with Gasteiger partial charge in [0.2, 0.25) is 5.91 Å². The highest BCUT2D eigenvalue weighted by Crippen LogP contribution is 2.34. The van der Waals surface area contributed by atoms with Crippen molar-refractivity contribution in [3.63, 3.8) is 0 Å². The lowest BCUT2D eigenvalue weighted by molar-refractivity contribution is -0.119. The molecule has 1 aromatic carbocycles. The highest BCUT2D eigenvalue weighted by atomic mass is 32.1. The normalized spacial score (nSPS) is 11.2. The van der Waals surface area contributed by atoms with Crippen LogP contribution in [0, 0.1) is 6.92 Å². The van der Waals surface area contributed by atoms with Crippen LogP contribution in [0.15, 0.2) is 36.4 Å². The van der Waals surface area contributed by atoms with E-state index in [2.05, 4.69) is 20.9 Å². The van der Waals surface area contributed by atoms with E-state index in [1.165, 1.54) is 18.3 Å². The van der Waals surface area contributed by atoms with Gasteiger partial charge in [0, 0.05) is 33.3 Å². The second-order valence-corrected chi connectivity index (χ2v) is 10.7. The van der Waals surface area contributed by atoms with Gasteiger partial charge >= 0.3 is 0 Å². The van der Waals surface area contributed by atoms with Crippen LogP contribution in [-0.2, 0) is 11.3 Å². The van der Waals surface area contributed by atoms with E-state index in [9.17, 15) is 14.4 Å². The Morgan fingerprint density at radius 3 is 2.16 bits per heavy atom. The molecule has 0 aliphatic carbocycles. The Labute approximate surface area is 195 Å². The van der Waals surface area contributed by atoms with Crippen LogP contribution in [0.3, 0.4) is 0 Å². The van der Waals surface area contributed by atoms with Crippen molar-refractivity contribution < 1.29 is 14.4 Å². The zero-order chi connectivity index (χ0) is 23.5. The number of carbonyl (C=O) groups is 3. The van der Waals surface area contributed by atoms with Crippen LogP contribution >= 0.6 is 22.7 Å². The zero-order valence-corrected chi connectivity index (χ0v) is 20.3. The SMILES string of the molecule is CC(=O)NCc1ccc(-c2nc(NC(=O)c3ccc(C(=O)NC(C)(C)C)cc3)sc2C)s1. The molecule has 7 nitrogen and oxygen atoms in total. The highest BCUT2D eigenvalue weighted by Gasteiger charge is 2.17. The summed E-state index contributed by atoms with van der Waals surface area (Å²) in [5.74, 6) is -0.540. The largest absolute Gasteiger partial charge is 0.351 e. The molecule has 3 amide bonds. The summed E-state index contributed by atoms with van der Waals surface area (Å²) < 4.78 is 0. The Balaban J connectivity index is 1.67. The first-order chi connectivity index (χ1) is 15.0. The fourth-order valence-electron chi connectivity index (χ4n) is 2.85. The quantitative estimate of drug-likeness (QED) is 0.490. The van der Waals surface area contributed by atoms with Crippen molar-refractivity contribution in [1.82, 2.24) is 15.6 Å². The van der Waals surface area contributed by atoms with Crippen molar-refractivity contribution in [3.8, 4) is 10.6 Å². The van der Waals surface area contributed by atoms with Crippen LogP contribution in [-0.4, -0.2) is 28.2 Å². The van der Waals surface area contributed by atoms with Gasteiger partial charge in [-0.25, -0.2) is 4.98 Å². The van der Waals surface area contributed by atoms with E-state index in [4.69, 9.17) is 0 Å². The topological polar surface area (TPSA) is 100 Å². The number of nitrogens with zero attached hydrogens (tertiary/aromatic N) is 1. The van der Waals surface area contributed by atoms with Gasteiger partial charge in [0.05, 0.1) is 17.1 Å². The molecule has 168 valence electrons. The fourth-order valence-corrected chi connectivity index (χ4v) is 4.73. The van der Waals surface area contributed by atoms with Gasteiger partial charge in [0.25, 0.3) is 11.8 Å². The van der Waals surface area contributed by atoms with Crippen LogP contribution in [0.4, 0.5) is 5.13 Å². The summed E-state index contributed by atoms with van der Waals surface area (Å²) in [6.07, 6.45) is 0. The molecule has 0 unspecified atom stereocenters. The average molecular weight is 471 g/mol. The second kappa shape index (κ2) is 9.62. The van der Waals surface area contributed by atoms with E-state index in [1.807, 2.05) is 39.8 Å². The summed E-state index contributed by atoms with van der Waals surface area (Å²) in [7, 11) is 0. The Morgan fingerprint density at radius 1 is 0.938 bits per heavy atom. The molecule has 0 saturated carbocycles. The third-order valence-corrected chi connectivity index (χ3v) is 6.30. The molecule has 0 bridgehead atoms. The molecule has 0 atom stereocenters. The first kappa shape index (κ1) is 23.6. The second-order valence-electron chi connectivity index (χ2n) is 8.34. The van der Waals surface area contributed by atoms with Crippen LogP contribution in [0.2, 0.25) is 0 Å². The van der Waals surface area contributed by atoms with Crippen LogP contribution in [0.1, 0.15) is 58.2 Å². The van der Waals surface area contributed by atoms with Gasteiger partial charge in [-0.1, -0.05) is 0 Å². The van der Waals surface area contributed by atoms with E-state index in [0.29, 0.717) is 22.8 Å². The summed E-state index contributed by atoms with van der Waals surface area (Å²) in [5, 5.41) is 9.03. The number of hydrogen-bond donors (Lipinski definition) is 3. The number of rotatable bonds is 6. The van der Waals surface area contributed by atoms with Gasteiger partial charge in [-0.15, -0.1) is 22.7 Å². The molecule has 3 N–H and O–H groups in total. The van der Waals surface area contributed by atoms with Crippen molar-refractivity contribution >= 4 is 45.5 Å². The molecule has 9 heteroatoms. The lowest BCUT2D eigenvalue weighted by Gasteiger charge is -2.20. The first-order valence-corrected chi connectivity index (χ1v) is 11.7. The minimum atomic E-state index is -0.333. The molecule has 0 aliphatic heterocycles. The smallest absolute Gasteiger partial charge is 0.257 e. The predicted octanol–water partition coefficient (Wildman–Crippen LogP) is 4.60. The molecule has 0 aliphatic rings. The van der Waals surface area contributed by atoms with Gasteiger partial charge in [-0.3, -0.25) is 19.7 Å². The number of hydrogen-bond acceptors (Lipinski definition) is 6. The van der Waals surface area contributed by atoms with Crippen molar-refractivity contribution in [3.05, 3.63) is 57.3 Å². The summed E-state index contributed by atoms with van der Waals surface area (Å²) in [6, 6.07) is 10.5. The maximum Gasteiger partial charge on any atom is 0.257 e. The number of anilines is 1. The van der Waals surface area contributed by atoms with Crippen LogP contribution in [0.5, 0.6) is 0 Å². The summed E-state index contributed by atoms with van der Waals surface area (Å²) >= 11 is 2.96. The number of aromatic nitrogens is 1. The van der Waals surface area contributed by atoms with Crippen molar-refractivity contribution in [1.29, 1.82) is 0 Å². The van der Waals surface area contributed by atoms with E-state index >= 15 is 0 Å². The number of nitrogens with one attached hydrogen (secondary N) is 3. The standard InChI is InChI=1S/C23H26N4O3S2/c1-13-19(18-11-10-17(32-18)12-24-14(2)28)25-22(31-13)26-20(29)15-6-8-16(9-7-15)21(30)27-23(3,4)5/h6-11H,12H2,1-5H3,(H,24,28)(H,27,30)(H,25,26,29). The summed E-state index contributed by atoms with van der Waals surface area (Å²) in [4.78, 5) is 43.6. The van der Waals surface area contributed by atoms with Crippen molar-refractivity contribution in [2.45, 2.75) is 46.7 Å². The van der Waals surface area contributed by atoms with E-state index in [0.717, 1.165) is 20.3 Å². The zero-order valence-electron chi connectivity index (χ0n) is 18.7. The van der Waals surface area contributed by atoms with E-state index < -0.39 is 0 Å². The number of aryl methyl sites for hydroxylation is 1. The first-order valence-electron chi connectivity index (χ1n) is 10.1. The Morgan fingerprint density at radius 2 is 1.56 bits per heavy atom. The van der Waals surface area contributed by atoms with Gasteiger partial charge in [-0.2, -0.15) is 0 Å². The lowest BCUT2D eigenvalue weighted by Crippen LogP contribution is -2.40. The molecular weight excluding hydrogens is 444 g/mol. The number of amides is 3. The Bertz CT molecular complexity index is 1140. The van der Waals surface area contributed by atoms with E-state index in [-0.39, 0.29) is 23.3 Å². The molecule has 0 fully saturated rings. The highest BCUT2D eigenvalue weighted by molar-refractivity contribution is 7.18. The lowest BCUT2D eigenvalue weighted by atomic mass is 10.1. The minimum absolute atomic E-state index is 0.0716. The van der Waals surface area contributed by atoms with Crippen LogP contribution < -0.4 is 16.0 Å². The van der Waals surface area contributed by atoms with Gasteiger partial charge in [0.15, 0.2) is 5.13 Å².